The zero-order valence-electron chi connectivity index (χ0n) is 36.2. The number of hydrogen-bond donors (Lipinski definition) is 2. The van der Waals surface area contributed by atoms with Gasteiger partial charge < -0.3 is 30.4 Å². The Morgan fingerprint density at radius 3 is 1.14 bits per heavy atom. The fourth-order valence-electron chi connectivity index (χ4n) is 7.62. The van der Waals surface area contributed by atoms with Gasteiger partial charge in [0.05, 0.1) is 47.2 Å². The maximum absolute atomic E-state index is 12.9. The van der Waals surface area contributed by atoms with Crippen molar-refractivity contribution in [3.63, 3.8) is 0 Å². The molecule has 10 nitrogen and oxygen atoms in total. The number of alkyl halides is 6. The molecule has 2 amide bonds. The first-order valence-electron chi connectivity index (χ1n) is 20.3. The maximum Gasteiger partial charge on any atom is 1.00 e. The topological polar surface area (TPSA) is 145 Å². The molecule has 2 aliphatic rings. The SMILES string of the molecule is C[C@H](NC(=O)C1CCCCN1Cc1ccc(C(F)(F)F)cc1)c1ccc(C(=O)[O-])cc1.C[C@H](NC(=O)C1CCCCN1Cc1ccc(C(F)(F)F)cc1)c1ccc(C(=O)[O-])cc1.[Li+].[Li+]. The molecule has 4 aromatic carbocycles. The minimum atomic E-state index is -4.37. The number of likely N-dealkylation sites (tertiary alicyclic amines) is 2. The number of carbonyl (C=O) groups is 4. The van der Waals surface area contributed by atoms with Gasteiger partial charge >= 0.3 is 50.1 Å². The fraction of sp³-hybridized carbons (Fsp3) is 0.391. The Morgan fingerprint density at radius 1 is 0.547 bits per heavy atom. The summed E-state index contributed by atoms with van der Waals surface area (Å²) in [5.74, 6) is -2.82. The number of hydrogen-bond acceptors (Lipinski definition) is 8. The van der Waals surface area contributed by atoms with Crippen LogP contribution in [0.3, 0.4) is 0 Å². The first-order chi connectivity index (χ1) is 29.3. The van der Waals surface area contributed by atoms with E-state index in [2.05, 4.69) is 10.6 Å². The predicted molar refractivity (Wildman–Crippen MR) is 214 cm³/mol. The van der Waals surface area contributed by atoms with Gasteiger partial charge in [-0.2, -0.15) is 26.3 Å². The summed E-state index contributed by atoms with van der Waals surface area (Å²) in [5.41, 5.74) is 1.73. The summed E-state index contributed by atoms with van der Waals surface area (Å²) in [6, 6.07) is 21.0. The van der Waals surface area contributed by atoms with Crippen molar-refractivity contribution < 1.29 is 93.5 Å². The summed E-state index contributed by atoms with van der Waals surface area (Å²) in [6.45, 7) is 5.79. The van der Waals surface area contributed by atoms with Crippen molar-refractivity contribution >= 4 is 23.8 Å². The standard InChI is InChI=1S/2C23H25F3N2O3.2Li/c2*1-15(17-7-9-18(10-8-17)22(30)31)27-21(29)20-4-2-3-13-28(20)14-16-5-11-19(12-6-16)23(24,25)26;;/h2*5-12,15,20H,2-4,13-14H2,1H3,(H,27,29)(H,30,31);;/q;;2*+1/p-2/t2*15-,20?;;/m00../s1. The molecule has 18 heteroatoms. The summed E-state index contributed by atoms with van der Waals surface area (Å²) >= 11 is 0. The van der Waals surface area contributed by atoms with Crippen LogP contribution in [0.1, 0.15) is 119 Å². The molecule has 332 valence electrons. The maximum atomic E-state index is 12.9. The van der Waals surface area contributed by atoms with Gasteiger partial charge in [-0.25, -0.2) is 0 Å². The number of benzene rings is 4. The molecule has 2 aliphatic heterocycles. The van der Waals surface area contributed by atoms with Crippen molar-refractivity contribution in [1.29, 1.82) is 0 Å². The average molecular weight is 881 g/mol. The fourth-order valence-corrected chi connectivity index (χ4v) is 7.62. The first kappa shape index (κ1) is 53.8. The van der Waals surface area contributed by atoms with E-state index in [1.807, 2.05) is 23.6 Å². The molecular formula is C46H48F6Li2N4O6. The molecule has 0 aromatic heterocycles. The van der Waals surface area contributed by atoms with Crippen LogP contribution in [-0.4, -0.2) is 58.7 Å². The van der Waals surface area contributed by atoms with Crippen LogP contribution >= 0.6 is 0 Å². The van der Waals surface area contributed by atoms with E-state index in [4.69, 9.17) is 0 Å². The second-order valence-corrected chi connectivity index (χ2v) is 15.6. The molecule has 2 N–H and O–H groups in total. The van der Waals surface area contributed by atoms with Gasteiger partial charge in [-0.1, -0.05) is 85.6 Å². The van der Waals surface area contributed by atoms with Crippen LogP contribution in [-0.2, 0) is 35.0 Å². The monoisotopic (exact) mass is 880 g/mol. The number of carboxylic acid groups (broad SMARTS) is 2. The van der Waals surface area contributed by atoms with Crippen LogP contribution in [0.15, 0.2) is 97.1 Å². The van der Waals surface area contributed by atoms with E-state index in [9.17, 15) is 55.7 Å². The van der Waals surface area contributed by atoms with E-state index in [1.54, 1.807) is 24.3 Å². The number of rotatable bonds is 12. The van der Waals surface area contributed by atoms with E-state index in [1.165, 1.54) is 48.5 Å². The Bertz CT molecular complexity index is 1990. The molecule has 0 spiro atoms. The number of carbonyl (C=O) groups excluding carboxylic acids is 4. The molecule has 2 heterocycles. The van der Waals surface area contributed by atoms with Crippen LogP contribution in [0.25, 0.3) is 0 Å². The van der Waals surface area contributed by atoms with E-state index in [-0.39, 0.29) is 84.8 Å². The summed E-state index contributed by atoms with van der Waals surface area (Å²) in [4.78, 5) is 51.6. The van der Waals surface area contributed by atoms with E-state index in [0.29, 0.717) is 39.0 Å². The second kappa shape index (κ2) is 24.1. The van der Waals surface area contributed by atoms with Crippen LogP contribution in [0, 0.1) is 0 Å². The van der Waals surface area contributed by atoms with Gasteiger partial charge in [0.1, 0.15) is 0 Å². The van der Waals surface area contributed by atoms with Crippen molar-refractivity contribution in [3.05, 3.63) is 142 Å². The van der Waals surface area contributed by atoms with Gasteiger partial charge in [-0.15, -0.1) is 0 Å². The van der Waals surface area contributed by atoms with Gasteiger partial charge in [0, 0.05) is 13.1 Å². The van der Waals surface area contributed by atoms with Gasteiger partial charge in [-0.3, -0.25) is 19.4 Å². The number of carboxylic acids is 2. The summed E-state index contributed by atoms with van der Waals surface area (Å²) in [6.07, 6.45) is -3.77. The largest absolute Gasteiger partial charge is 1.00 e. The second-order valence-electron chi connectivity index (χ2n) is 15.6. The number of amides is 2. The van der Waals surface area contributed by atoms with Crippen LogP contribution in [0.5, 0.6) is 0 Å². The van der Waals surface area contributed by atoms with Crippen LogP contribution in [0.4, 0.5) is 26.3 Å². The number of piperidine rings is 2. The predicted octanol–water partition coefficient (Wildman–Crippen LogP) is 0.610. The van der Waals surface area contributed by atoms with Crippen LogP contribution < -0.4 is 58.6 Å². The molecule has 64 heavy (non-hydrogen) atoms. The van der Waals surface area contributed by atoms with Crippen molar-refractivity contribution in [2.24, 2.45) is 0 Å². The molecular weight excluding hydrogens is 832 g/mol. The van der Waals surface area contributed by atoms with Crippen molar-refractivity contribution in [1.82, 2.24) is 20.4 Å². The molecule has 0 aliphatic carbocycles. The molecule has 4 atom stereocenters. The van der Waals surface area contributed by atoms with Crippen molar-refractivity contribution in [3.8, 4) is 0 Å². The zero-order valence-corrected chi connectivity index (χ0v) is 36.2. The molecule has 2 saturated heterocycles. The minimum Gasteiger partial charge on any atom is -0.545 e. The zero-order chi connectivity index (χ0) is 45.2. The normalized spacial score (nSPS) is 17.8. The molecule has 2 fully saturated rings. The minimum absolute atomic E-state index is 0. The summed E-state index contributed by atoms with van der Waals surface area (Å²) in [5, 5.41) is 27.7. The average Bonchev–Trinajstić information content (AvgIpc) is 3.24. The van der Waals surface area contributed by atoms with E-state index >= 15 is 0 Å². The van der Waals surface area contributed by atoms with E-state index < -0.39 is 35.4 Å². The van der Waals surface area contributed by atoms with E-state index in [0.717, 1.165) is 72.2 Å². The molecule has 6 rings (SSSR count). The van der Waals surface area contributed by atoms with Gasteiger partial charge in [-0.05, 0) is 110 Å². The third-order valence-electron chi connectivity index (χ3n) is 11.2. The Hall–Kier alpha value is -4.55. The summed E-state index contributed by atoms with van der Waals surface area (Å²) in [7, 11) is 0. The quantitative estimate of drug-likeness (QED) is 0.156. The Labute approximate surface area is 392 Å². The third kappa shape index (κ3) is 15.3. The number of nitrogens with zero attached hydrogens (tertiary/aromatic N) is 2. The Balaban J connectivity index is 0.000000330. The van der Waals surface area contributed by atoms with Crippen LogP contribution in [0.2, 0.25) is 0 Å². The van der Waals surface area contributed by atoms with Gasteiger partial charge in [0.2, 0.25) is 11.8 Å². The summed E-state index contributed by atoms with van der Waals surface area (Å²) < 4.78 is 76.6. The van der Waals surface area contributed by atoms with Gasteiger partial charge in [0.15, 0.2) is 0 Å². The molecule has 0 bridgehead atoms. The molecule has 2 unspecified atom stereocenters. The smallest absolute Gasteiger partial charge is 0.545 e. The molecule has 4 aromatic rings. The number of aromatic carboxylic acids is 2. The molecule has 0 radical (unpaired) electrons. The number of nitrogens with one attached hydrogen (secondary N) is 2. The Morgan fingerprint density at radius 2 is 0.859 bits per heavy atom. The third-order valence-corrected chi connectivity index (χ3v) is 11.2. The molecule has 0 saturated carbocycles. The first-order valence-corrected chi connectivity index (χ1v) is 20.3. The Kier molecular flexibility index (Phi) is 20.3. The van der Waals surface area contributed by atoms with Crippen molar-refractivity contribution in [2.75, 3.05) is 13.1 Å². The van der Waals surface area contributed by atoms with Gasteiger partial charge in [0.25, 0.3) is 0 Å². The van der Waals surface area contributed by atoms with Crippen molar-refractivity contribution in [2.45, 2.75) is 102 Å². The number of halogens is 6.